The normalized spacial score (nSPS) is 11.4. The van der Waals surface area contributed by atoms with Crippen molar-refractivity contribution in [3.8, 4) is 0 Å². The van der Waals surface area contributed by atoms with E-state index in [2.05, 4.69) is 22.6 Å². The first kappa shape index (κ1) is 11.9. The third-order valence-corrected chi connectivity index (χ3v) is 4.39. The molecule has 3 aromatic carbocycles. The molecule has 0 atom stereocenters. The summed E-state index contributed by atoms with van der Waals surface area (Å²) >= 11 is 2.19. The number of hydrogen-bond donors (Lipinski definition) is 0. The van der Waals surface area contributed by atoms with Crippen LogP contribution in [0.15, 0.2) is 63.8 Å². The fraction of sp³-hybridized carbons (Fsp3) is 0. The van der Waals surface area contributed by atoms with Gasteiger partial charge in [-0.15, -0.1) is 0 Å². The third kappa shape index (κ3) is 1.59. The van der Waals surface area contributed by atoms with Crippen LogP contribution in [0.2, 0.25) is 0 Å². The lowest BCUT2D eigenvalue weighted by atomic mass is 10.0. The van der Waals surface area contributed by atoms with Gasteiger partial charge in [0, 0.05) is 0 Å². The molecule has 0 aliphatic rings. The first-order chi connectivity index (χ1) is 9.75. The largest absolute Gasteiger partial charge is 0.455 e. The van der Waals surface area contributed by atoms with E-state index in [-0.39, 0.29) is 5.43 Å². The minimum atomic E-state index is 0.0385. The van der Waals surface area contributed by atoms with Gasteiger partial charge in [0.2, 0.25) is 5.43 Å². The molecule has 0 aliphatic carbocycles. The number of rotatable bonds is 0. The van der Waals surface area contributed by atoms with Gasteiger partial charge in [0.1, 0.15) is 5.58 Å². The monoisotopic (exact) mass is 372 g/mol. The Morgan fingerprint density at radius 3 is 2.55 bits per heavy atom. The van der Waals surface area contributed by atoms with Crippen LogP contribution in [0.3, 0.4) is 0 Å². The van der Waals surface area contributed by atoms with E-state index < -0.39 is 0 Å². The summed E-state index contributed by atoms with van der Waals surface area (Å²) in [5.41, 5.74) is 1.35. The van der Waals surface area contributed by atoms with Crippen molar-refractivity contribution in [2.24, 2.45) is 0 Å². The second-order valence-electron chi connectivity index (χ2n) is 4.71. The molecule has 0 saturated carbocycles. The Hall–Kier alpha value is -1.88. The van der Waals surface area contributed by atoms with Crippen LogP contribution in [0.5, 0.6) is 0 Å². The maximum Gasteiger partial charge on any atom is 0.201 e. The van der Waals surface area contributed by atoms with E-state index in [0.717, 1.165) is 14.3 Å². The van der Waals surface area contributed by atoms with Gasteiger partial charge in [-0.05, 0) is 51.6 Å². The van der Waals surface area contributed by atoms with Crippen LogP contribution in [0.4, 0.5) is 0 Å². The molecule has 1 aromatic heterocycles. The van der Waals surface area contributed by atoms with Gasteiger partial charge < -0.3 is 4.42 Å². The Balaban J connectivity index is 2.37. The zero-order valence-corrected chi connectivity index (χ0v) is 12.5. The Morgan fingerprint density at radius 2 is 1.65 bits per heavy atom. The van der Waals surface area contributed by atoms with Gasteiger partial charge in [-0.25, -0.2) is 0 Å². The van der Waals surface area contributed by atoms with Crippen LogP contribution in [-0.4, -0.2) is 0 Å². The molecule has 0 N–H and O–H groups in total. The average Bonchev–Trinajstić information content (AvgIpc) is 2.48. The van der Waals surface area contributed by atoms with Crippen molar-refractivity contribution in [2.45, 2.75) is 0 Å². The zero-order chi connectivity index (χ0) is 13.7. The van der Waals surface area contributed by atoms with E-state index in [4.69, 9.17) is 4.42 Å². The van der Waals surface area contributed by atoms with E-state index in [1.165, 1.54) is 0 Å². The van der Waals surface area contributed by atoms with Gasteiger partial charge in [-0.1, -0.05) is 36.4 Å². The van der Waals surface area contributed by atoms with Crippen LogP contribution in [0.25, 0.3) is 32.7 Å². The molecule has 2 nitrogen and oxygen atoms in total. The van der Waals surface area contributed by atoms with E-state index in [1.54, 1.807) is 0 Å². The van der Waals surface area contributed by atoms with Gasteiger partial charge in [0.05, 0.1) is 14.3 Å². The maximum absolute atomic E-state index is 12.8. The molecule has 4 aromatic rings. The van der Waals surface area contributed by atoms with Crippen LogP contribution >= 0.6 is 22.6 Å². The van der Waals surface area contributed by atoms with Crippen molar-refractivity contribution in [2.75, 3.05) is 0 Å². The first-order valence-corrected chi connectivity index (χ1v) is 7.36. The molecule has 3 heteroatoms. The summed E-state index contributed by atoms with van der Waals surface area (Å²) in [6, 6.07) is 17.4. The van der Waals surface area contributed by atoms with Gasteiger partial charge in [0.25, 0.3) is 0 Å². The molecule has 0 amide bonds. The number of benzene rings is 3. The molecule has 4 rings (SSSR count). The molecule has 0 fully saturated rings. The van der Waals surface area contributed by atoms with Crippen molar-refractivity contribution in [3.05, 3.63) is 68.4 Å². The molecule has 0 unspecified atom stereocenters. The van der Waals surface area contributed by atoms with Crippen molar-refractivity contribution in [1.29, 1.82) is 0 Å². The second kappa shape index (κ2) is 4.31. The highest BCUT2D eigenvalue weighted by Gasteiger charge is 2.12. The molecular formula is C17H9IO2. The highest BCUT2D eigenvalue weighted by molar-refractivity contribution is 14.1. The molecular weight excluding hydrogens is 363 g/mol. The third-order valence-electron chi connectivity index (χ3n) is 3.54. The van der Waals surface area contributed by atoms with Crippen molar-refractivity contribution < 1.29 is 4.42 Å². The summed E-state index contributed by atoms with van der Waals surface area (Å²) in [7, 11) is 0. The van der Waals surface area contributed by atoms with E-state index in [0.29, 0.717) is 21.9 Å². The van der Waals surface area contributed by atoms with Crippen LogP contribution in [0, 0.1) is 3.57 Å². The van der Waals surface area contributed by atoms with Crippen LogP contribution < -0.4 is 5.43 Å². The fourth-order valence-electron chi connectivity index (χ4n) is 2.61. The highest BCUT2D eigenvalue weighted by atomic mass is 127. The van der Waals surface area contributed by atoms with Gasteiger partial charge in [-0.3, -0.25) is 4.79 Å². The number of hydrogen-bond acceptors (Lipinski definition) is 2. The SMILES string of the molecule is O=c1c2cccc(I)c2oc2ccc3ccccc3c12. The summed E-state index contributed by atoms with van der Waals surface area (Å²) in [4.78, 5) is 12.8. The van der Waals surface area contributed by atoms with Gasteiger partial charge >= 0.3 is 0 Å². The lowest BCUT2D eigenvalue weighted by molar-refractivity contribution is 0.658. The average molecular weight is 372 g/mol. The number of para-hydroxylation sites is 1. The standard InChI is InChI=1S/C17H9IO2/c18-13-7-3-6-12-16(19)15-11-5-2-1-4-10(11)8-9-14(15)20-17(12)13/h1-9H. The number of fused-ring (bicyclic) bond motifs is 4. The quantitative estimate of drug-likeness (QED) is 0.254. The number of halogens is 1. The highest BCUT2D eigenvalue weighted by Crippen LogP contribution is 2.27. The lowest BCUT2D eigenvalue weighted by Crippen LogP contribution is -2.03. The topological polar surface area (TPSA) is 30.2 Å². The Morgan fingerprint density at radius 1 is 0.850 bits per heavy atom. The molecule has 0 aliphatic heterocycles. The van der Waals surface area contributed by atoms with E-state index in [9.17, 15) is 4.79 Å². The van der Waals surface area contributed by atoms with Crippen molar-refractivity contribution in [3.63, 3.8) is 0 Å². The summed E-state index contributed by atoms with van der Waals surface area (Å²) < 4.78 is 6.91. The molecule has 0 radical (unpaired) electrons. The smallest absolute Gasteiger partial charge is 0.201 e. The first-order valence-electron chi connectivity index (χ1n) is 6.28. The molecule has 0 spiro atoms. The van der Waals surface area contributed by atoms with Gasteiger partial charge in [-0.2, -0.15) is 0 Å². The Labute approximate surface area is 128 Å². The Kier molecular flexibility index (Phi) is 2.57. The summed E-state index contributed by atoms with van der Waals surface area (Å²) in [5.74, 6) is 0. The minimum absolute atomic E-state index is 0.0385. The molecule has 0 saturated heterocycles. The summed E-state index contributed by atoms with van der Waals surface area (Å²) in [5, 5.41) is 3.30. The molecule has 0 bridgehead atoms. The molecule has 20 heavy (non-hydrogen) atoms. The molecule has 96 valence electrons. The van der Waals surface area contributed by atoms with Crippen LogP contribution in [0.1, 0.15) is 0 Å². The van der Waals surface area contributed by atoms with E-state index in [1.807, 2.05) is 54.6 Å². The predicted molar refractivity (Wildman–Crippen MR) is 90.2 cm³/mol. The lowest BCUT2D eigenvalue weighted by Gasteiger charge is -2.05. The maximum atomic E-state index is 12.8. The van der Waals surface area contributed by atoms with Crippen molar-refractivity contribution >= 4 is 55.3 Å². The summed E-state index contributed by atoms with van der Waals surface area (Å²) in [6.45, 7) is 0. The van der Waals surface area contributed by atoms with E-state index >= 15 is 0 Å². The molecule has 1 heterocycles. The zero-order valence-electron chi connectivity index (χ0n) is 10.4. The Bertz CT molecular complexity index is 1030. The van der Waals surface area contributed by atoms with Crippen LogP contribution in [-0.2, 0) is 0 Å². The minimum Gasteiger partial charge on any atom is -0.455 e. The second-order valence-corrected chi connectivity index (χ2v) is 5.87. The fourth-order valence-corrected chi connectivity index (χ4v) is 3.22. The summed E-state index contributed by atoms with van der Waals surface area (Å²) in [6.07, 6.45) is 0. The van der Waals surface area contributed by atoms with Gasteiger partial charge in [0.15, 0.2) is 5.58 Å². The predicted octanol–water partition coefficient (Wildman–Crippen LogP) is 4.70. The van der Waals surface area contributed by atoms with Crippen molar-refractivity contribution in [1.82, 2.24) is 0 Å².